The van der Waals surface area contributed by atoms with Crippen LogP contribution < -0.4 is 10.5 Å². The van der Waals surface area contributed by atoms with E-state index in [0.29, 0.717) is 19.6 Å². The van der Waals surface area contributed by atoms with E-state index in [0.717, 1.165) is 38.0 Å². The van der Waals surface area contributed by atoms with E-state index in [-0.39, 0.29) is 18.3 Å². The number of ether oxygens (including phenoxy) is 1. The van der Waals surface area contributed by atoms with Crippen molar-refractivity contribution in [2.45, 2.75) is 39.0 Å². The SMILES string of the molecule is Cc1cccc(OCCN(C)C(=O)CCCCCCN)c1.Cl. The van der Waals surface area contributed by atoms with E-state index < -0.39 is 0 Å². The van der Waals surface area contributed by atoms with Crippen molar-refractivity contribution in [3.8, 4) is 5.75 Å². The van der Waals surface area contributed by atoms with Crippen LogP contribution in [-0.4, -0.2) is 37.6 Å². The minimum absolute atomic E-state index is 0. The van der Waals surface area contributed by atoms with Crippen molar-refractivity contribution in [2.24, 2.45) is 5.73 Å². The number of unbranched alkanes of at least 4 members (excludes halogenated alkanes) is 3. The van der Waals surface area contributed by atoms with Crippen molar-refractivity contribution < 1.29 is 9.53 Å². The van der Waals surface area contributed by atoms with Crippen molar-refractivity contribution in [3.63, 3.8) is 0 Å². The molecule has 1 aromatic carbocycles. The molecule has 126 valence electrons. The van der Waals surface area contributed by atoms with Crippen molar-refractivity contribution in [1.29, 1.82) is 0 Å². The molecule has 0 unspecified atom stereocenters. The lowest BCUT2D eigenvalue weighted by Crippen LogP contribution is -2.30. The predicted molar refractivity (Wildman–Crippen MR) is 93.7 cm³/mol. The molecule has 0 spiro atoms. The van der Waals surface area contributed by atoms with Crippen molar-refractivity contribution in [2.75, 3.05) is 26.7 Å². The number of likely N-dealkylation sites (N-methyl/N-ethyl adjacent to an activating group) is 1. The number of benzene rings is 1. The van der Waals surface area contributed by atoms with Crippen molar-refractivity contribution in [1.82, 2.24) is 4.90 Å². The molecule has 0 aromatic heterocycles. The second-order valence-corrected chi connectivity index (χ2v) is 5.43. The third-order valence-electron chi connectivity index (χ3n) is 3.46. The van der Waals surface area contributed by atoms with Gasteiger partial charge < -0.3 is 15.4 Å². The fraction of sp³-hybridized carbons (Fsp3) is 0.588. The zero-order valence-electron chi connectivity index (χ0n) is 13.7. The molecule has 0 aliphatic heterocycles. The maximum Gasteiger partial charge on any atom is 0.222 e. The standard InChI is InChI=1S/C17H28N2O2.ClH/c1-15-8-7-9-16(14-15)21-13-12-19(2)17(20)10-5-3-4-6-11-18;/h7-9,14H,3-6,10-13,18H2,1-2H3;1H. The Kier molecular flexibility index (Phi) is 11.6. The maximum absolute atomic E-state index is 11.9. The summed E-state index contributed by atoms with van der Waals surface area (Å²) in [7, 11) is 1.84. The van der Waals surface area contributed by atoms with Gasteiger partial charge >= 0.3 is 0 Å². The van der Waals surface area contributed by atoms with Crippen LogP contribution in [0.25, 0.3) is 0 Å². The number of aryl methyl sites for hydroxylation is 1. The number of carbonyl (C=O) groups excluding carboxylic acids is 1. The summed E-state index contributed by atoms with van der Waals surface area (Å²) in [6, 6.07) is 7.94. The first-order valence-electron chi connectivity index (χ1n) is 7.77. The van der Waals surface area contributed by atoms with Gasteiger partial charge in [-0.15, -0.1) is 12.4 Å². The summed E-state index contributed by atoms with van der Waals surface area (Å²) in [4.78, 5) is 13.7. The minimum atomic E-state index is 0. The molecule has 0 saturated carbocycles. The summed E-state index contributed by atoms with van der Waals surface area (Å²) >= 11 is 0. The number of halogens is 1. The first kappa shape index (κ1) is 20.7. The number of amides is 1. The van der Waals surface area contributed by atoms with Crippen LogP contribution in [0, 0.1) is 6.92 Å². The number of hydrogen-bond acceptors (Lipinski definition) is 3. The van der Waals surface area contributed by atoms with E-state index in [2.05, 4.69) is 0 Å². The molecule has 2 N–H and O–H groups in total. The number of rotatable bonds is 10. The van der Waals surface area contributed by atoms with Crippen molar-refractivity contribution >= 4 is 18.3 Å². The molecule has 1 aromatic rings. The predicted octanol–water partition coefficient (Wildman–Crippen LogP) is 3.16. The molecule has 0 atom stereocenters. The Morgan fingerprint density at radius 2 is 1.95 bits per heavy atom. The van der Waals surface area contributed by atoms with Crippen LogP contribution in [0.3, 0.4) is 0 Å². The molecule has 0 saturated heterocycles. The quantitative estimate of drug-likeness (QED) is 0.671. The monoisotopic (exact) mass is 328 g/mol. The Morgan fingerprint density at radius 3 is 2.64 bits per heavy atom. The zero-order chi connectivity index (χ0) is 15.5. The molecular formula is C17H29ClN2O2. The van der Waals surface area contributed by atoms with E-state index in [1.54, 1.807) is 4.90 Å². The topological polar surface area (TPSA) is 55.6 Å². The Morgan fingerprint density at radius 1 is 1.23 bits per heavy atom. The third-order valence-corrected chi connectivity index (χ3v) is 3.46. The molecule has 0 bridgehead atoms. The number of hydrogen-bond donors (Lipinski definition) is 1. The molecule has 0 fully saturated rings. The number of nitrogens with two attached hydrogens (primary N) is 1. The van der Waals surface area contributed by atoms with Gasteiger partial charge in [-0.25, -0.2) is 0 Å². The van der Waals surface area contributed by atoms with Crippen LogP contribution in [0.2, 0.25) is 0 Å². The van der Waals surface area contributed by atoms with E-state index in [1.807, 2.05) is 38.2 Å². The molecule has 0 aliphatic rings. The highest BCUT2D eigenvalue weighted by molar-refractivity contribution is 5.85. The summed E-state index contributed by atoms with van der Waals surface area (Å²) in [6.45, 7) is 3.92. The Bertz CT molecular complexity index is 427. The Balaban J connectivity index is 0.00000441. The molecule has 5 heteroatoms. The van der Waals surface area contributed by atoms with Gasteiger partial charge in [-0.2, -0.15) is 0 Å². The third kappa shape index (κ3) is 8.90. The summed E-state index contributed by atoms with van der Waals surface area (Å²) in [5, 5.41) is 0. The summed E-state index contributed by atoms with van der Waals surface area (Å²) in [6.07, 6.45) is 4.81. The molecule has 4 nitrogen and oxygen atoms in total. The van der Waals surface area contributed by atoms with Crippen LogP contribution >= 0.6 is 12.4 Å². The van der Waals surface area contributed by atoms with Crippen LogP contribution in [-0.2, 0) is 4.79 Å². The molecule has 1 rings (SSSR count). The minimum Gasteiger partial charge on any atom is -0.492 e. The van der Waals surface area contributed by atoms with Gasteiger partial charge in [-0.1, -0.05) is 25.0 Å². The summed E-state index contributed by atoms with van der Waals surface area (Å²) < 4.78 is 5.66. The number of carbonyl (C=O) groups is 1. The molecular weight excluding hydrogens is 300 g/mol. The zero-order valence-corrected chi connectivity index (χ0v) is 14.5. The van der Waals surface area contributed by atoms with Gasteiger partial charge in [0.05, 0.1) is 6.54 Å². The van der Waals surface area contributed by atoms with E-state index in [1.165, 1.54) is 5.56 Å². The van der Waals surface area contributed by atoms with Gasteiger partial charge in [-0.05, 0) is 44.0 Å². The fourth-order valence-electron chi connectivity index (χ4n) is 2.10. The highest BCUT2D eigenvalue weighted by atomic mass is 35.5. The lowest BCUT2D eigenvalue weighted by atomic mass is 10.1. The average Bonchev–Trinajstić information content (AvgIpc) is 2.46. The first-order valence-corrected chi connectivity index (χ1v) is 7.77. The summed E-state index contributed by atoms with van der Waals surface area (Å²) in [5.74, 6) is 1.05. The normalized spacial score (nSPS) is 9.95. The highest BCUT2D eigenvalue weighted by Gasteiger charge is 2.08. The smallest absolute Gasteiger partial charge is 0.222 e. The van der Waals surface area contributed by atoms with E-state index >= 15 is 0 Å². The molecule has 22 heavy (non-hydrogen) atoms. The van der Waals surface area contributed by atoms with Gasteiger partial charge in [0.15, 0.2) is 0 Å². The van der Waals surface area contributed by atoms with Crippen LogP contribution in [0.1, 0.15) is 37.7 Å². The van der Waals surface area contributed by atoms with Gasteiger partial charge in [0.1, 0.15) is 12.4 Å². The van der Waals surface area contributed by atoms with Crippen LogP contribution in [0.5, 0.6) is 5.75 Å². The van der Waals surface area contributed by atoms with Gasteiger partial charge in [0.25, 0.3) is 0 Å². The van der Waals surface area contributed by atoms with Gasteiger partial charge in [-0.3, -0.25) is 4.79 Å². The first-order chi connectivity index (χ1) is 10.1. The van der Waals surface area contributed by atoms with Crippen LogP contribution in [0.15, 0.2) is 24.3 Å². The average molecular weight is 329 g/mol. The molecule has 0 aliphatic carbocycles. The van der Waals surface area contributed by atoms with Gasteiger partial charge in [0.2, 0.25) is 5.91 Å². The largest absolute Gasteiger partial charge is 0.492 e. The molecule has 0 heterocycles. The molecule has 1 amide bonds. The second kappa shape index (κ2) is 12.3. The Hall–Kier alpha value is -1.26. The fourth-order valence-corrected chi connectivity index (χ4v) is 2.10. The molecule has 0 radical (unpaired) electrons. The summed E-state index contributed by atoms with van der Waals surface area (Å²) in [5.41, 5.74) is 6.62. The second-order valence-electron chi connectivity index (χ2n) is 5.43. The number of nitrogens with zero attached hydrogens (tertiary/aromatic N) is 1. The highest BCUT2D eigenvalue weighted by Crippen LogP contribution is 2.12. The van der Waals surface area contributed by atoms with Crippen LogP contribution in [0.4, 0.5) is 0 Å². The maximum atomic E-state index is 11.9. The van der Waals surface area contributed by atoms with E-state index in [4.69, 9.17) is 10.5 Å². The lowest BCUT2D eigenvalue weighted by Gasteiger charge is -2.17. The lowest BCUT2D eigenvalue weighted by molar-refractivity contribution is -0.130. The Labute approximate surface area is 140 Å². The van der Waals surface area contributed by atoms with Gasteiger partial charge in [0, 0.05) is 13.5 Å². The van der Waals surface area contributed by atoms with Crippen molar-refractivity contribution in [3.05, 3.63) is 29.8 Å². The van der Waals surface area contributed by atoms with E-state index in [9.17, 15) is 4.79 Å².